The minimum Gasteiger partial charge on any atom is -0.444 e. The molecule has 1 aromatic rings. The number of hydrogen-bond acceptors (Lipinski definition) is 4. The topological polar surface area (TPSA) is 54.5 Å². The molecule has 1 saturated heterocycles. The zero-order valence-electron chi connectivity index (χ0n) is 13.3. The first-order valence-corrected chi connectivity index (χ1v) is 7.50. The molecule has 2 heterocycles. The lowest BCUT2D eigenvalue weighted by Gasteiger charge is -2.33. The van der Waals surface area contributed by atoms with Gasteiger partial charge in [0.2, 0.25) is 0 Å². The summed E-state index contributed by atoms with van der Waals surface area (Å²) in [5.41, 5.74) is 0.721. The first kappa shape index (κ1) is 15.6. The molecule has 1 aliphatic rings. The normalized spacial score (nSPS) is 16.7. The molecular formula is C16H25N3O2. The third kappa shape index (κ3) is 4.92. The average molecular weight is 291 g/mol. The number of carbonyl (C=O) groups excluding carboxylic acids is 1. The van der Waals surface area contributed by atoms with Gasteiger partial charge in [-0.1, -0.05) is 6.07 Å². The molecule has 0 saturated carbocycles. The van der Waals surface area contributed by atoms with Gasteiger partial charge in [-0.05, 0) is 52.2 Å². The lowest BCUT2D eigenvalue weighted by atomic mass is 10.1. The molecule has 2 rings (SSSR count). The van der Waals surface area contributed by atoms with Gasteiger partial charge in [-0.25, -0.2) is 9.78 Å². The van der Waals surface area contributed by atoms with Crippen LogP contribution in [0.4, 0.5) is 10.6 Å². The van der Waals surface area contributed by atoms with Crippen LogP contribution in [0.2, 0.25) is 0 Å². The van der Waals surface area contributed by atoms with E-state index in [0.717, 1.165) is 37.3 Å². The van der Waals surface area contributed by atoms with Crippen LogP contribution in [0.3, 0.4) is 0 Å². The first-order valence-electron chi connectivity index (χ1n) is 7.50. The van der Waals surface area contributed by atoms with E-state index in [0.29, 0.717) is 6.04 Å². The van der Waals surface area contributed by atoms with Crippen molar-refractivity contribution in [2.45, 2.75) is 52.2 Å². The summed E-state index contributed by atoms with van der Waals surface area (Å²) in [6.45, 7) is 9.14. The summed E-state index contributed by atoms with van der Waals surface area (Å²) in [5, 5.41) is 3.43. The van der Waals surface area contributed by atoms with E-state index in [9.17, 15) is 4.79 Å². The summed E-state index contributed by atoms with van der Waals surface area (Å²) in [5.74, 6) is 0.899. The maximum Gasteiger partial charge on any atom is 0.410 e. The largest absolute Gasteiger partial charge is 0.444 e. The average Bonchev–Trinajstić information content (AvgIpc) is 2.40. The molecule has 1 fully saturated rings. The van der Waals surface area contributed by atoms with Gasteiger partial charge in [0.05, 0.1) is 0 Å². The summed E-state index contributed by atoms with van der Waals surface area (Å²) in [4.78, 5) is 18.1. The number of nitrogens with one attached hydrogen (secondary N) is 1. The van der Waals surface area contributed by atoms with Crippen molar-refractivity contribution >= 4 is 11.9 Å². The molecule has 0 radical (unpaired) electrons. The number of carbonyl (C=O) groups is 1. The number of nitrogens with zero attached hydrogens (tertiary/aromatic N) is 2. The van der Waals surface area contributed by atoms with Crippen LogP contribution >= 0.6 is 0 Å². The highest BCUT2D eigenvalue weighted by Gasteiger charge is 2.26. The van der Waals surface area contributed by atoms with Crippen molar-refractivity contribution in [2.75, 3.05) is 18.4 Å². The number of rotatable bonds is 2. The second-order valence-corrected chi connectivity index (χ2v) is 6.61. The van der Waals surface area contributed by atoms with E-state index in [1.165, 1.54) is 0 Å². The fraction of sp³-hybridized carbons (Fsp3) is 0.625. The number of ether oxygens (including phenoxy) is 1. The molecule has 1 aliphatic heterocycles. The van der Waals surface area contributed by atoms with Crippen LogP contribution in [0, 0.1) is 6.92 Å². The molecule has 0 bridgehead atoms. The monoisotopic (exact) mass is 291 g/mol. The Kier molecular flexibility index (Phi) is 4.70. The molecule has 116 valence electrons. The van der Waals surface area contributed by atoms with Gasteiger partial charge in [-0.2, -0.15) is 0 Å². The van der Waals surface area contributed by atoms with Crippen molar-refractivity contribution in [3.8, 4) is 0 Å². The Labute approximate surface area is 126 Å². The molecule has 0 aliphatic carbocycles. The minimum absolute atomic E-state index is 0.214. The highest BCUT2D eigenvalue weighted by molar-refractivity contribution is 5.68. The lowest BCUT2D eigenvalue weighted by molar-refractivity contribution is 0.0210. The summed E-state index contributed by atoms with van der Waals surface area (Å²) in [7, 11) is 0. The second-order valence-electron chi connectivity index (χ2n) is 6.61. The van der Waals surface area contributed by atoms with Gasteiger partial charge < -0.3 is 15.0 Å². The third-order valence-electron chi connectivity index (χ3n) is 3.41. The number of pyridine rings is 1. The van der Waals surface area contributed by atoms with Crippen LogP contribution in [0.1, 0.15) is 39.2 Å². The predicted octanol–water partition coefficient (Wildman–Crippen LogP) is 3.20. The lowest BCUT2D eigenvalue weighted by Crippen LogP contribution is -2.44. The summed E-state index contributed by atoms with van der Waals surface area (Å²) >= 11 is 0. The zero-order valence-corrected chi connectivity index (χ0v) is 13.3. The van der Waals surface area contributed by atoms with Crippen molar-refractivity contribution in [2.24, 2.45) is 0 Å². The van der Waals surface area contributed by atoms with Crippen molar-refractivity contribution in [1.82, 2.24) is 9.88 Å². The molecule has 0 aromatic carbocycles. The standard InChI is InChI=1S/C16H25N3O2/c1-12-5-6-14(17-11-12)18-13-7-9-19(10-8-13)15(20)21-16(2,3)4/h5-6,11,13H,7-10H2,1-4H3,(H,17,18). The molecule has 1 amide bonds. The molecule has 0 atom stereocenters. The second kappa shape index (κ2) is 6.33. The van der Waals surface area contributed by atoms with Gasteiger partial charge in [0.1, 0.15) is 11.4 Å². The van der Waals surface area contributed by atoms with Gasteiger partial charge in [-0.15, -0.1) is 0 Å². The molecule has 1 N–H and O–H groups in total. The molecule has 0 unspecified atom stereocenters. The van der Waals surface area contributed by atoms with E-state index in [4.69, 9.17) is 4.74 Å². The number of aromatic nitrogens is 1. The van der Waals surface area contributed by atoms with Crippen molar-refractivity contribution < 1.29 is 9.53 Å². The Bertz CT molecular complexity index is 471. The molecule has 0 spiro atoms. The van der Waals surface area contributed by atoms with Crippen molar-refractivity contribution in [3.63, 3.8) is 0 Å². The Morgan fingerprint density at radius 3 is 2.52 bits per heavy atom. The Morgan fingerprint density at radius 1 is 1.33 bits per heavy atom. The number of anilines is 1. The Balaban J connectivity index is 1.80. The van der Waals surface area contributed by atoms with E-state index < -0.39 is 5.60 Å². The SMILES string of the molecule is Cc1ccc(NC2CCN(C(=O)OC(C)(C)C)CC2)nc1. The summed E-state index contributed by atoms with van der Waals surface area (Å²) in [6.07, 6.45) is 3.47. The molecule has 21 heavy (non-hydrogen) atoms. The third-order valence-corrected chi connectivity index (χ3v) is 3.41. The Hall–Kier alpha value is -1.78. The van der Waals surface area contributed by atoms with E-state index in [-0.39, 0.29) is 6.09 Å². The molecule has 5 heteroatoms. The van der Waals surface area contributed by atoms with Gasteiger partial charge in [0, 0.05) is 25.3 Å². The number of amides is 1. The smallest absolute Gasteiger partial charge is 0.410 e. The van der Waals surface area contributed by atoms with E-state index in [2.05, 4.69) is 10.3 Å². The van der Waals surface area contributed by atoms with Crippen LogP contribution in [0.25, 0.3) is 0 Å². The maximum absolute atomic E-state index is 12.0. The van der Waals surface area contributed by atoms with Crippen LogP contribution in [0.15, 0.2) is 18.3 Å². The maximum atomic E-state index is 12.0. The van der Waals surface area contributed by atoms with Gasteiger partial charge in [0.15, 0.2) is 0 Å². The van der Waals surface area contributed by atoms with E-state index in [1.54, 1.807) is 4.90 Å². The number of aryl methyl sites for hydroxylation is 1. The number of piperidine rings is 1. The Morgan fingerprint density at radius 2 is 2.00 bits per heavy atom. The van der Waals surface area contributed by atoms with Crippen LogP contribution in [0.5, 0.6) is 0 Å². The van der Waals surface area contributed by atoms with E-state index >= 15 is 0 Å². The van der Waals surface area contributed by atoms with E-state index in [1.807, 2.05) is 46.0 Å². The number of likely N-dealkylation sites (tertiary alicyclic amines) is 1. The molecule has 1 aromatic heterocycles. The molecule has 5 nitrogen and oxygen atoms in total. The highest BCUT2D eigenvalue weighted by Crippen LogP contribution is 2.18. The van der Waals surface area contributed by atoms with Gasteiger partial charge in [0.25, 0.3) is 0 Å². The predicted molar refractivity (Wildman–Crippen MR) is 83.4 cm³/mol. The number of hydrogen-bond donors (Lipinski definition) is 1. The molecular weight excluding hydrogens is 266 g/mol. The van der Waals surface area contributed by atoms with Crippen molar-refractivity contribution in [1.29, 1.82) is 0 Å². The summed E-state index contributed by atoms with van der Waals surface area (Å²) in [6, 6.07) is 4.40. The van der Waals surface area contributed by atoms with Crippen LogP contribution in [-0.2, 0) is 4.74 Å². The van der Waals surface area contributed by atoms with Crippen molar-refractivity contribution in [3.05, 3.63) is 23.9 Å². The van der Waals surface area contributed by atoms with Gasteiger partial charge >= 0.3 is 6.09 Å². The minimum atomic E-state index is -0.433. The van der Waals surface area contributed by atoms with Crippen LogP contribution < -0.4 is 5.32 Å². The fourth-order valence-corrected chi connectivity index (χ4v) is 2.30. The highest BCUT2D eigenvalue weighted by atomic mass is 16.6. The first-order chi connectivity index (χ1) is 9.83. The quantitative estimate of drug-likeness (QED) is 0.909. The van der Waals surface area contributed by atoms with Crippen LogP contribution in [-0.4, -0.2) is 40.7 Å². The van der Waals surface area contributed by atoms with Gasteiger partial charge in [-0.3, -0.25) is 0 Å². The summed E-state index contributed by atoms with van der Waals surface area (Å²) < 4.78 is 5.40. The fourth-order valence-electron chi connectivity index (χ4n) is 2.30. The zero-order chi connectivity index (χ0) is 15.5.